The van der Waals surface area contributed by atoms with Gasteiger partial charge in [0.15, 0.2) is 34.8 Å². The molecule has 4 aromatic carbocycles. The maximum atomic E-state index is 14.3. The van der Waals surface area contributed by atoms with Crippen LogP contribution in [0.4, 0.5) is 33.3 Å². The van der Waals surface area contributed by atoms with Gasteiger partial charge in [0.2, 0.25) is 5.82 Å². The van der Waals surface area contributed by atoms with Crippen molar-refractivity contribution in [1.29, 1.82) is 0 Å². The molecule has 0 aliphatic heterocycles. The second-order valence-corrected chi connectivity index (χ2v) is 9.77. The van der Waals surface area contributed by atoms with Gasteiger partial charge in [0.05, 0.1) is 22.5 Å². The van der Waals surface area contributed by atoms with Gasteiger partial charge >= 0.3 is 0 Å². The lowest BCUT2D eigenvalue weighted by Gasteiger charge is -2.23. The van der Waals surface area contributed by atoms with Crippen LogP contribution in [-0.4, -0.2) is 23.4 Å². The molecule has 11 heteroatoms. The molecule has 0 radical (unpaired) electrons. The van der Waals surface area contributed by atoms with Crippen LogP contribution in [0.2, 0.25) is 0 Å². The molecule has 43 heavy (non-hydrogen) atoms. The summed E-state index contributed by atoms with van der Waals surface area (Å²) in [7, 11) is 0. The molecule has 1 aliphatic rings. The van der Waals surface area contributed by atoms with Crippen LogP contribution in [-0.2, 0) is 6.42 Å². The predicted octanol–water partition coefficient (Wildman–Crippen LogP) is 7.00. The van der Waals surface area contributed by atoms with E-state index in [1.807, 2.05) is 5.32 Å². The van der Waals surface area contributed by atoms with Crippen molar-refractivity contribution in [2.75, 3.05) is 10.6 Å². The molecule has 2 amide bonds. The first-order valence-corrected chi connectivity index (χ1v) is 13.1. The fraction of sp³-hybridized carbons (Fsp3) is 0.125. The van der Waals surface area contributed by atoms with Gasteiger partial charge in [-0.05, 0) is 42.7 Å². The van der Waals surface area contributed by atoms with E-state index in [9.17, 15) is 41.1 Å². The van der Waals surface area contributed by atoms with Gasteiger partial charge in [-0.25, -0.2) is 22.0 Å². The standard InChI is InChI=1S/C32H21F5N2O4/c1-2-3-6-15-9-11-16(12-10-15)31(42)38-19-13-14-20(22-21(19)29(40)17-7-4-5-8-18(17)30(22)41)39-32(43)23-24(33)26(35)28(37)27(36)25(23)34/h4-5,7-14H,2-3,6H2,1H3,(H,38,42)(H,39,43). The van der Waals surface area contributed by atoms with Crippen LogP contribution in [0.25, 0.3) is 0 Å². The first-order chi connectivity index (χ1) is 20.5. The quantitative estimate of drug-likeness (QED) is 0.121. The number of hydrogen-bond donors (Lipinski definition) is 2. The number of nitrogens with one attached hydrogen (secondary N) is 2. The summed E-state index contributed by atoms with van der Waals surface area (Å²) in [5, 5.41) is 4.60. The molecule has 0 spiro atoms. The first kappa shape index (κ1) is 29.3. The minimum atomic E-state index is -2.45. The Morgan fingerprint density at radius 1 is 0.628 bits per heavy atom. The minimum Gasteiger partial charge on any atom is -0.321 e. The maximum Gasteiger partial charge on any atom is 0.261 e. The van der Waals surface area contributed by atoms with E-state index < -0.39 is 69.3 Å². The number of ketones is 2. The molecule has 0 heterocycles. The molecule has 0 bridgehead atoms. The van der Waals surface area contributed by atoms with Crippen molar-refractivity contribution < 1.29 is 41.1 Å². The van der Waals surface area contributed by atoms with Crippen molar-refractivity contribution in [3.63, 3.8) is 0 Å². The first-order valence-electron chi connectivity index (χ1n) is 13.1. The van der Waals surface area contributed by atoms with E-state index in [0.717, 1.165) is 30.9 Å². The van der Waals surface area contributed by atoms with E-state index in [2.05, 4.69) is 12.2 Å². The van der Waals surface area contributed by atoms with Gasteiger partial charge in [-0.15, -0.1) is 0 Å². The third kappa shape index (κ3) is 5.18. The maximum absolute atomic E-state index is 14.3. The molecule has 2 N–H and O–H groups in total. The number of anilines is 2. The number of fused-ring (bicyclic) bond motifs is 2. The van der Waals surface area contributed by atoms with Gasteiger partial charge in [-0.1, -0.05) is 49.7 Å². The van der Waals surface area contributed by atoms with Crippen LogP contribution in [0.5, 0.6) is 0 Å². The van der Waals surface area contributed by atoms with Crippen molar-refractivity contribution in [1.82, 2.24) is 0 Å². The van der Waals surface area contributed by atoms with Gasteiger partial charge in [0.25, 0.3) is 11.8 Å². The number of carbonyl (C=O) groups excluding carboxylic acids is 4. The van der Waals surface area contributed by atoms with Crippen LogP contribution >= 0.6 is 0 Å². The summed E-state index contributed by atoms with van der Waals surface area (Å²) in [4.78, 5) is 53.1. The zero-order valence-electron chi connectivity index (χ0n) is 22.4. The predicted molar refractivity (Wildman–Crippen MR) is 147 cm³/mol. The lowest BCUT2D eigenvalue weighted by Crippen LogP contribution is -2.27. The van der Waals surface area contributed by atoms with Crippen LogP contribution in [0.3, 0.4) is 0 Å². The number of unbranched alkanes of at least 4 members (excludes halogenated alkanes) is 1. The molecule has 218 valence electrons. The summed E-state index contributed by atoms with van der Waals surface area (Å²) in [6.45, 7) is 2.06. The number of halogens is 5. The van der Waals surface area contributed by atoms with E-state index in [4.69, 9.17) is 0 Å². The lowest BCUT2D eigenvalue weighted by atomic mass is 9.82. The Labute approximate surface area is 241 Å². The third-order valence-electron chi connectivity index (χ3n) is 7.04. The van der Waals surface area contributed by atoms with Crippen LogP contribution < -0.4 is 10.6 Å². The Morgan fingerprint density at radius 2 is 1.09 bits per heavy atom. The van der Waals surface area contributed by atoms with Crippen LogP contribution in [0, 0.1) is 29.1 Å². The van der Waals surface area contributed by atoms with E-state index in [1.54, 1.807) is 24.3 Å². The van der Waals surface area contributed by atoms with E-state index in [0.29, 0.717) is 0 Å². The molecule has 5 rings (SSSR count). The van der Waals surface area contributed by atoms with Crippen molar-refractivity contribution in [3.8, 4) is 0 Å². The van der Waals surface area contributed by atoms with Gasteiger partial charge in [-0.2, -0.15) is 0 Å². The second-order valence-electron chi connectivity index (χ2n) is 9.77. The summed E-state index contributed by atoms with van der Waals surface area (Å²) in [6.07, 6.45) is 2.81. The van der Waals surface area contributed by atoms with Gasteiger partial charge in [0.1, 0.15) is 5.56 Å². The molecule has 0 atom stereocenters. The zero-order valence-corrected chi connectivity index (χ0v) is 22.4. The van der Waals surface area contributed by atoms with Gasteiger partial charge < -0.3 is 10.6 Å². The Kier molecular flexibility index (Phi) is 7.90. The molecular weight excluding hydrogens is 571 g/mol. The fourth-order valence-electron chi connectivity index (χ4n) is 4.82. The topological polar surface area (TPSA) is 92.3 Å². The highest BCUT2D eigenvalue weighted by molar-refractivity contribution is 6.33. The second kappa shape index (κ2) is 11.6. The number of benzene rings is 4. The Balaban J connectivity index is 1.56. The normalized spacial score (nSPS) is 12.0. The van der Waals surface area contributed by atoms with Crippen molar-refractivity contribution in [3.05, 3.63) is 129 Å². The molecular formula is C32H21F5N2O4. The highest BCUT2D eigenvalue weighted by Crippen LogP contribution is 2.37. The third-order valence-corrected chi connectivity index (χ3v) is 7.04. The van der Waals surface area contributed by atoms with Gasteiger partial charge in [0, 0.05) is 16.7 Å². The van der Waals surface area contributed by atoms with Crippen molar-refractivity contribution in [2.24, 2.45) is 0 Å². The average Bonchev–Trinajstić information content (AvgIpc) is 3.01. The molecule has 0 saturated heterocycles. The van der Waals surface area contributed by atoms with E-state index in [1.165, 1.54) is 30.3 Å². The summed E-state index contributed by atoms with van der Waals surface area (Å²) in [5.41, 5.74) is -1.86. The number of hydrogen-bond acceptors (Lipinski definition) is 4. The number of rotatable bonds is 7. The Morgan fingerprint density at radius 3 is 1.58 bits per heavy atom. The van der Waals surface area contributed by atoms with Crippen LogP contribution in [0.1, 0.15) is 77.9 Å². The summed E-state index contributed by atoms with van der Waals surface area (Å²) < 4.78 is 69.7. The van der Waals surface area contributed by atoms with Crippen LogP contribution in [0.15, 0.2) is 60.7 Å². The largest absolute Gasteiger partial charge is 0.321 e. The van der Waals surface area contributed by atoms with Crippen molar-refractivity contribution in [2.45, 2.75) is 26.2 Å². The number of aryl methyl sites for hydroxylation is 1. The summed E-state index contributed by atoms with van der Waals surface area (Å²) >= 11 is 0. The number of carbonyl (C=O) groups is 4. The molecule has 1 aliphatic carbocycles. The lowest BCUT2D eigenvalue weighted by molar-refractivity contribution is 0.0977. The molecule has 0 saturated carbocycles. The summed E-state index contributed by atoms with van der Waals surface area (Å²) in [5.74, 6) is -15.7. The van der Waals surface area contributed by atoms with Gasteiger partial charge in [-0.3, -0.25) is 19.2 Å². The Bertz CT molecular complexity index is 1810. The summed E-state index contributed by atoms with van der Waals surface area (Å²) in [6, 6.07) is 14.8. The molecule has 0 fully saturated rings. The monoisotopic (exact) mass is 592 g/mol. The molecule has 4 aromatic rings. The molecule has 6 nitrogen and oxygen atoms in total. The smallest absolute Gasteiger partial charge is 0.261 e. The molecule has 0 aromatic heterocycles. The number of amides is 2. The fourth-order valence-corrected chi connectivity index (χ4v) is 4.82. The van der Waals surface area contributed by atoms with Crippen molar-refractivity contribution >= 4 is 34.8 Å². The highest BCUT2D eigenvalue weighted by Gasteiger charge is 2.36. The highest BCUT2D eigenvalue weighted by atomic mass is 19.2. The minimum absolute atomic E-state index is 0.000909. The van der Waals surface area contributed by atoms with E-state index in [-0.39, 0.29) is 27.9 Å². The zero-order chi connectivity index (χ0) is 31.0. The van der Waals surface area contributed by atoms with E-state index >= 15 is 0 Å². The Hall–Kier alpha value is -5.19. The SMILES string of the molecule is CCCCc1ccc(C(=O)Nc2ccc(NC(=O)c3c(F)c(F)c(F)c(F)c3F)c3c2C(=O)c2ccccc2C3=O)cc1. The molecule has 0 unspecified atom stereocenters. The average molecular weight is 593 g/mol.